The van der Waals surface area contributed by atoms with E-state index in [0.29, 0.717) is 11.5 Å². The number of hydrogen-bond donors (Lipinski definition) is 2. The summed E-state index contributed by atoms with van der Waals surface area (Å²) >= 11 is 0. The van der Waals surface area contributed by atoms with Crippen molar-refractivity contribution in [2.24, 2.45) is 5.92 Å². The van der Waals surface area contributed by atoms with Gasteiger partial charge >= 0.3 is 0 Å². The van der Waals surface area contributed by atoms with Gasteiger partial charge in [0.2, 0.25) is 10.0 Å². The van der Waals surface area contributed by atoms with Crippen LogP contribution >= 0.6 is 0 Å². The molecule has 2 rings (SSSR count). The van der Waals surface area contributed by atoms with Gasteiger partial charge in [0.15, 0.2) is 0 Å². The Hall–Kier alpha value is -1.11. The van der Waals surface area contributed by atoms with Crippen molar-refractivity contribution in [1.82, 2.24) is 4.72 Å². The van der Waals surface area contributed by atoms with Crippen molar-refractivity contribution >= 4 is 10.0 Å². The van der Waals surface area contributed by atoms with Crippen LogP contribution < -0.4 is 9.46 Å². The summed E-state index contributed by atoms with van der Waals surface area (Å²) in [5, 5.41) is 9.07. The van der Waals surface area contributed by atoms with Crippen LogP contribution in [0.4, 0.5) is 0 Å². The van der Waals surface area contributed by atoms with Crippen molar-refractivity contribution < 1.29 is 18.3 Å². The Morgan fingerprint density at radius 3 is 2.67 bits per heavy atom. The van der Waals surface area contributed by atoms with Gasteiger partial charge in [-0.1, -0.05) is 13.0 Å². The van der Waals surface area contributed by atoms with Gasteiger partial charge in [0, 0.05) is 6.04 Å². The van der Waals surface area contributed by atoms with E-state index < -0.39 is 10.0 Å². The second-order valence-electron chi connectivity index (χ2n) is 4.58. The Balaban J connectivity index is 2.35. The first-order valence-electron chi connectivity index (χ1n) is 5.78. The zero-order valence-corrected chi connectivity index (χ0v) is 11.2. The highest BCUT2D eigenvalue weighted by atomic mass is 32.2. The molecule has 1 aromatic carbocycles. The van der Waals surface area contributed by atoms with Crippen LogP contribution in [0.25, 0.3) is 0 Å². The molecule has 5 nitrogen and oxygen atoms in total. The summed E-state index contributed by atoms with van der Waals surface area (Å²) in [5.41, 5.74) is 0.542. The number of benzene rings is 1. The standard InChI is InChI=1S/C12H17NO4S/c1-8-5-10(8)13-18(15,16)12-6-9(7-14)3-4-11(12)17-2/h3-4,6,8,10,13-14H,5,7H2,1-2H3. The molecule has 0 spiro atoms. The lowest BCUT2D eigenvalue weighted by atomic mass is 10.2. The molecule has 1 saturated carbocycles. The minimum atomic E-state index is -3.59. The third kappa shape index (κ3) is 2.66. The zero-order valence-electron chi connectivity index (χ0n) is 10.4. The molecule has 0 aliphatic heterocycles. The summed E-state index contributed by atoms with van der Waals surface area (Å²) in [5.74, 6) is 0.666. The molecule has 1 aromatic rings. The van der Waals surface area contributed by atoms with Crippen LogP contribution in [0.15, 0.2) is 23.1 Å². The van der Waals surface area contributed by atoms with E-state index in [1.807, 2.05) is 6.92 Å². The van der Waals surface area contributed by atoms with E-state index in [9.17, 15) is 8.42 Å². The van der Waals surface area contributed by atoms with Crippen molar-refractivity contribution in [2.75, 3.05) is 7.11 Å². The van der Waals surface area contributed by atoms with E-state index in [1.165, 1.54) is 13.2 Å². The zero-order chi connectivity index (χ0) is 13.3. The molecule has 2 N–H and O–H groups in total. The fraction of sp³-hybridized carbons (Fsp3) is 0.500. The highest BCUT2D eigenvalue weighted by Crippen LogP contribution is 2.32. The van der Waals surface area contributed by atoms with E-state index >= 15 is 0 Å². The normalized spacial score (nSPS) is 22.8. The van der Waals surface area contributed by atoms with Crippen molar-refractivity contribution in [3.8, 4) is 5.75 Å². The van der Waals surface area contributed by atoms with E-state index in [4.69, 9.17) is 9.84 Å². The average molecular weight is 271 g/mol. The number of rotatable bonds is 5. The molecule has 2 unspecified atom stereocenters. The van der Waals surface area contributed by atoms with E-state index in [0.717, 1.165) is 6.42 Å². The first-order chi connectivity index (χ1) is 8.47. The van der Waals surface area contributed by atoms with Gasteiger partial charge in [-0.3, -0.25) is 0 Å². The van der Waals surface area contributed by atoms with E-state index in [-0.39, 0.29) is 23.3 Å². The number of hydrogen-bond acceptors (Lipinski definition) is 4. The number of sulfonamides is 1. The van der Waals surface area contributed by atoms with Gasteiger partial charge in [0.05, 0.1) is 13.7 Å². The van der Waals surface area contributed by atoms with Gasteiger partial charge in [0.1, 0.15) is 10.6 Å². The smallest absolute Gasteiger partial charge is 0.244 e. The maximum absolute atomic E-state index is 12.2. The maximum Gasteiger partial charge on any atom is 0.244 e. The van der Waals surface area contributed by atoms with Crippen LogP contribution in [0, 0.1) is 5.92 Å². The molecule has 1 fully saturated rings. The molecule has 6 heteroatoms. The van der Waals surface area contributed by atoms with Gasteiger partial charge in [0.25, 0.3) is 0 Å². The van der Waals surface area contributed by atoms with Gasteiger partial charge in [-0.25, -0.2) is 13.1 Å². The highest BCUT2D eigenvalue weighted by molar-refractivity contribution is 7.89. The summed E-state index contributed by atoms with van der Waals surface area (Å²) in [6, 6.07) is 4.64. The molecule has 0 aromatic heterocycles. The molecule has 0 amide bonds. The fourth-order valence-corrected chi connectivity index (χ4v) is 3.36. The van der Waals surface area contributed by atoms with E-state index in [2.05, 4.69) is 4.72 Å². The van der Waals surface area contributed by atoms with Crippen LogP contribution in [0.1, 0.15) is 18.9 Å². The van der Waals surface area contributed by atoms with Gasteiger partial charge in [-0.15, -0.1) is 0 Å². The van der Waals surface area contributed by atoms with Crippen LogP contribution in [-0.4, -0.2) is 26.7 Å². The molecule has 1 aliphatic rings. The fourth-order valence-electron chi connectivity index (χ4n) is 1.78. The first-order valence-corrected chi connectivity index (χ1v) is 7.26. The van der Waals surface area contributed by atoms with Gasteiger partial charge < -0.3 is 9.84 Å². The predicted molar refractivity (Wildman–Crippen MR) is 66.8 cm³/mol. The summed E-state index contributed by atoms with van der Waals surface area (Å²) in [4.78, 5) is 0.0793. The molecular weight excluding hydrogens is 254 g/mol. The lowest BCUT2D eigenvalue weighted by molar-refractivity contribution is 0.281. The maximum atomic E-state index is 12.2. The van der Waals surface area contributed by atoms with Crippen LogP contribution in [0.5, 0.6) is 5.75 Å². The lowest BCUT2D eigenvalue weighted by Crippen LogP contribution is -2.27. The second kappa shape index (κ2) is 4.87. The molecule has 0 heterocycles. The Kier molecular flexibility index (Phi) is 3.61. The number of aliphatic hydroxyl groups excluding tert-OH is 1. The average Bonchev–Trinajstić information content (AvgIpc) is 3.03. The second-order valence-corrected chi connectivity index (χ2v) is 6.27. The SMILES string of the molecule is COc1ccc(CO)cc1S(=O)(=O)NC1CC1C. The molecule has 0 bridgehead atoms. The summed E-state index contributed by atoms with van der Waals surface area (Å²) in [6.07, 6.45) is 0.862. The molecule has 0 saturated heterocycles. The monoisotopic (exact) mass is 271 g/mol. The quantitative estimate of drug-likeness (QED) is 0.833. The van der Waals surface area contributed by atoms with Gasteiger partial charge in [-0.05, 0) is 30.0 Å². The Morgan fingerprint density at radius 1 is 1.50 bits per heavy atom. The topological polar surface area (TPSA) is 75.6 Å². The first kappa shape index (κ1) is 13.3. The molecule has 0 radical (unpaired) electrons. The third-order valence-corrected chi connectivity index (χ3v) is 4.63. The largest absolute Gasteiger partial charge is 0.495 e. The molecule has 18 heavy (non-hydrogen) atoms. The third-order valence-electron chi connectivity index (χ3n) is 3.12. The van der Waals surface area contributed by atoms with Crippen LogP contribution in [0.3, 0.4) is 0 Å². The number of aliphatic hydroxyl groups is 1. The Bertz CT molecular complexity index is 541. The molecule has 2 atom stereocenters. The number of methoxy groups -OCH3 is 1. The Labute approximate surface area is 107 Å². The van der Waals surface area contributed by atoms with Crippen molar-refractivity contribution in [3.05, 3.63) is 23.8 Å². The summed E-state index contributed by atoms with van der Waals surface area (Å²) in [6.45, 7) is 1.79. The minimum absolute atomic E-state index is 0.0116. The molecule has 100 valence electrons. The lowest BCUT2D eigenvalue weighted by Gasteiger charge is -2.11. The molecule has 1 aliphatic carbocycles. The minimum Gasteiger partial charge on any atom is -0.495 e. The van der Waals surface area contributed by atoms with Crippen molar-refractivity contribution in [2.45, 2.75) is 30.9 Å². The number of ether oxygens (including phenoxy) is 1. The highest BCUT2D eigenvalue weighted by Gasteiger charge is 2.37. The van der Waals surface area contributed by atoms with Crippen LogP contribution in [0.2, 0.25) is 0 Å². The summed E-state index contributed by atoms with van der Waals surface area (Å²) < 4.78 is 32.1. The van der Waals surface area contributed by atoms with Crippen molar-refractivity contribution in [1.29, 1.82) is 0 Å². The van der Waals surface area contributed by atoms with Gasteiger partial charge in [-0.2, -0.15) is 0 Å². The molecular formula is C12H17NO4S. The predicted octanol–water partition coefficient (Wildman–Crippen LogP) is 0.874. The Morgan fingerprint density at radius 2 is 2.17 bits per heavy atom. The van der Waals surface area contributed by atoms with E-state index in [1.54, 1.807) is 12.1 Å². The summed E-state index contributed by atoms with van der Waals surface area (Å²) in [7, 11) is -2.17. The van der Waals surface area contributed by atoms with Crippen LogP contribution in [-0.2, 0) is 16.6 Å². The number of nitrogens with one attached hydrogen (secondary N) is 1. The van der Waals surface area contributed by atoms with Crippen molar-refractivity contribution in [3.63, 3.8) is 0 Å².